The van der Waals surface area contributed by atoms with Crippen molar-refractivity contribution in [1.29, 1.82) is 0 Å². The van der Waals surface area contributed by atoms with Crippen molar-refractivity contribution in [3.63, 3.8) is 0 Å². The van der Waals surface area contributed by atoms with Crippen LogP contribution in [0, 0.1) is 0 Å². The van der Waals surface area contributed by atoms with Crippen LogP contribution in [0.1, 0.15) is 11.1 Å². The average molecular weight is 312 g/mol. The molecule has 1 N–H and O–H groups in total. The number of nitrogens with zero attached hydrogens (tertiary/aromatic N) is 1. The fraction of sp³-hybridized carbons (Fsp3) is 0.278. The van der Waals surface area contributed by atoms with Crippen LogP contribution in [0.5, 0.6) is 11.5 Å². The van der Waals surface area contributed by atoms with E-state index in [1.54, 1.807) is 32.4 Å². The van der Waals surface area contributed by atoms with Gasteiger partial charge in [0.05, 0.1) is 26.5 Å². The van der Waals surface area contributed by atoms with Gasteiger partial charge < -0.3 is 14.8 Å². The molecule has 3 rings (SSSR count). The zero-order valence-corrected chi connectivity index (χ0v) is 13.3. The van der Waals surface area contributed by atoms with E-state index >= 15 is 0 Å². The first-order valence-corrected chi connectivity index (χ1v) is 7.50. The fourth-order valence-corrected chi connectivity index (χ4v) is 2.82. The van der Waals surface area contributed by atoms with E-state index in [0.29, 0.717) is 23.7 Å². The summed E-state index contributed by atoms with van der Waals surface area (Å²) in [5, 5.41) is 2.90. The molecule has 0 fully saturated rings. The molecule has 2 aromatic rings. The monoisotopic (exact) mass is 312 g/mol. The molecular weight excluding hydrogens is 292 g/mol. The lowest BCUT2D eigenvalue weighted by Gasteiger charge is -2.16. The largest absolute Gasteiger partial charge is 0.497 e. The van der Waals surface area contributed by atoms with Gasteiger partial charge >= 0.3 is 0 Å². The predicted molar refractivity (Wildman–Crippen MR) is 88.7 cm³/mol. The maximum atomic E-state index is 12.3. The molecule has 2 aromatic carbocycles. The number of amides is 1. The SMILES string of the molecule is COc1ccc(OC)c(NC(=O)CN2Cc3ccccc3C2)c1. The molecule has 1 amide bonds. The first-order valence-electron chi connectivity index (χ1n) is 7.50. The molecule has 0 unspecified atom stereocenters. The molecule has 1 heterocycles. The molecule has 0 aliphatic carbocycles. The van der Waals surface area contributed by atoms with E-state index in [0.717, 1.165) is 13.1 Å². The Morgan fingerprint density at radius 3 is 2.39 bits per heavy atom. The van der Waals surface area contributed by atoms with Crippen LogP contribution < -0.4 is 14.8 Å². The Bertz CT molecular complexity index is 690. The second kappa shape index (κ2) is 6.71. The van der Waals surface area contributed by atoms with Crippen molar-refractivity contribution < 1.29 is 14.3 Å². The van der Waals surface area contributed by atoms with Crippen LogP contribution in [-0.2, 0) is 17.9 Å². The molecule has 0 aromatic heterocycles. The van der Waals surface area contributed by atoms with Gasteiger partial charge in [0.25, 0.3) is 0 Å². The minimum atomic E-state index is -0.0654. The number of methoxy groups -OCH3 is 2. The highest BCUT2D eigenvalue weighted by atomic mass is 16.5. The molecule has 0 spiro atoms. The summed E-state index contributed by atoms with van der Waals surface area (Å²) in [4.78, 5) is 14.5. The van der Waals surface area contributed by atoms with Gasteiger partial charge in [-0.25, -0.2) is 0 Å². The number of nitrogens with one attached hydrogen (secondary N) is 1. The summed E-state index contributed by atoms with van der Waals surface area (Å²) >= 11 is 0. The fourth-order valence-electron chi connectivity index (χ4n) is 2.82. The second-order valence-electron chi connectivity index (χ2n) is 5.53. The Morgan fingerprint density at radius 1 is 1.09 bits per heavy atom. The third-order valence-corrected chi connectivity index (χ3v) is 3.95. The van der Waals surface area contributed by atoms with Gasteiger partial charge in [-0.1, -0.05) is 24.3 Å². The summed E-state index contributed by atoms with van der Waals surface area (Å²) < 4.78 is 10.5. The third-order valence-electron chi connectivity index (χ3n) is 3.95. The number of anilines is 1. The molecule has 1 aliphatic heterocycles. The summed E-state index contributed by atoms with van der Waals surface area (Å²) in [7, 11) is 3.17. The van der Waals surface area contributed by atoms with Gasteiger partial charge in [-0.15, -0.1) is 0 Å². The van der Waals surface area contributed by atoms with Crippen LogP contribution in [0.4, 0.5) is 5.69 Å². The smallest absolute Gasteiger partial charge is 0.238 e. The van der Waals surface area contributed by atoms with Gasteiger partial charge in [0.2, 0.25) is 5.91 Å². The maximum Gasteiger partial charge on any atom is 0.238 e. The molecular formula is C18H20N2O3. The quantitative estimate of drug-likeness (QED) is 0.922. The van der Waals surface area contributed by atoms with Gasteiger partial charge in [-0.3, -0.25) is 9.69 Å². The molecule has 5 heteroatoms. The van der Waals surface area contributed by atoms with E-state index in [1.165, 1.54) is 11.1 Å². The van der Waals surface area contributed by atoms with Crippen molar-refractivity contribution in [2.45, 2.75) is 13.1 Å². The summed E-state index contributed by atoms with van der Waals surface area (Å²) in [5.74, 6) is 1.22. The highest BCUT2D eigenvalue weighted by Crippen LogP contribution is 2.29. The molecule has 120 valence electrons. The third kappa shape index (κ3) is 3.46. The lowest BCUT2D eigenvalue weighted by atomic mass is 10.1. The standard InChI is InChI=1S/C18H20N2O3/c1-22-15-7-8-17(23-2)16(9-15)19-18(21)12-20-10-13-5-3-4-6-14(13)11-20/h3-9H,10-12H2,1-2H3,(H,19,21). The lowest BCUT2D eigenvalue weighted by Crippen LogP contribution is -2.29. The summed E-state index contributed by atoms with van der Waals surface area (Å²) in [6.45, 7) is 1.95. The number of ether oxygens (including phenoxy) is 2. The number of fused-ring (bicyclic) bond motifs is 1. The van der Waals surface area contributed by atoms with Crippen LogP contribution >= 0.6 is 0 Å². The molecule has 5 nitrogen and oxygen atoms in total. The van der Waals surface area contributed by atoms with Crippen LogP contribution in [0.25, 0.3) is 0 Å². The molecule has 23 heavy (non-hydrogen) atoms. The summed E-state index contributed by atoms with van der Waals surface area (Å²) in [6.07, 6.45) is 0. The van der Waals surface area contributed by atoms with E-state index < -0.39 is 0 Å². The van der Waals surface area contributed by atoms with E-state index in [1.807, 2.05) is 12.1 Å². The minimum Gasteiger partial charge on any atom is -0.497 e. The normalized spacial score (nSPS) is 13.5. The molecule has 0 saturated carbocycles. The number of carbonyl (C=O) groups excluding carboxylic acids is 1. The Kier molecular flexibility index (Phi) is 4.48. The predicted octanol–water partition coefficient (Wildman–Crippen LogP) is 2.66. The van der Waals surface area contributed by atoms with Crippen molar-refractivity contribution in [2.24, 2.45) is 0 Å². The number of hydrogen-bond acceptors (Lipinski definition) is 4. The van der Waals surface area contributed by atoms with E-state index in [2.05, 4.69) is 22.3 Å². The van der Waals surface area contributed by atoms with Gasteiger partial charge in [0.1, 0.15) is 11.5 Å². The average Bonchev–Trinajstić information content (AvgIpc) is 2.96. The maximum absolute atomic E-state index is 12.3. The Balaban J connectivity index is 1.64. The van der Waals surface area contributed by atoms with E-state index in [9.17, 15) is 4.79 Å². The van der Waals surface area contributed by atoms with Gasteiger partial charge in [-0.05, 0) is 23.3 Å². The van der Waals surface area contributed by atoms with Gasteiger partial charge in [-0.2, -0.15) is 0 Å². The molecule has 0 atom stereocenters. The minimum absolute atomic E-state index is 0.0654. The first-order chi connectivity index (χ1) is 11.2. The lowest BCUT2D eigenvalue weighted by molar-refractivity contribution is -0.117. The highest BCUT2D eigenvalue weighted by Gasteiger charge is 2.20. The number of hydrogen-bond donors (Lipinski definition) is 1. The van der Waals surface area contributed by atoms with Crippen molar-refractivity contribution in [2.75, 3.05) is 26.1 Å². The Labute approximate surface area is 135 Å². The molecule has 0 radical (unpaired) electrons. The van der Waals surface area contributed by atoms with Crippen LogP contribution in [0.3, 0.4) is 0 Å². The highest BCUT2D eigenvalue weighted by molar-refractivity contribution is 5.94. The van der Waals surface area contributed by atoms with E-state index in [4.69, 9.17) is 9.47 Å². The van der Waals surface area contributed by atoms with Crippen molar-refractivity contribution >= 4 is 11.6 Å². The number of rotatable bonds is 5. The summed E-state index contributed by atoms with van der Waals surface area (Å²) in [5.41, 5.74) is 3.20. The molecule has 0 bridgehead atoms. The number of carbonyl (C=O) groups is 1. The van der Waals surface area contributed by atoms with E-state index in [-0.39, 0.29) is 5.91 Å². The molecule has 0 saturated heterocycles. The Morgan fingerprint density at radius 2 is 1.78 bits per heavy atom. The van der Waals surface area contributed by atoms with Crippen molar-refractivity contribution in [1.82, 2.24) is 4.90 Å². The van der Waals surface area contributed by atoms with Crippen molar-refractivity contribution in [3.05, 3.63) is 53.6 Å². The van der Waals surface area contributed by atoms with Crippen LogP contribution in [-0.4, -0.2) is 31.6 Å². The molecule has 1 aliphatic rings. The first kappa shape index (κ1) is 15.4. The zero-order chi connectivity index (χ0) is 16.2. The van der Waals surface area contributed by atoms with Gasteiger partial charge in [0.15, 0.2) is 0 Å². The van der Waals surface area contributed by atoms with Crippen molar-refractivity contribution in [3.8, 4) is 11.5 Å². The van der Waals surface area contributed by atoms with Crippen LogP contribution in [0.2, 0.25) is 0 Å². The summed E-state index contributed by atoms with van der Waals surface area (Å²) in [6, 6.07) is 13.6. The Hall–Kier alpha value is -2.53. The topological polar surface area (TPSA) is 50.8 Å². The number of benzene rings is 2. The van der Waals surface area contributed by atoms with Crippen LogP contribution in [0.15, 0.2) is 42.5 Å². The zero-order valence-electron chi connectivity index (χ0n) is 13.3. The second-order valence-corrected chi connectivity index (χ2v) is 5.53. The van der Waals surface area contributed by atoms with Gasteiger partial charge in [0, 0.05) is 19.2 Å².